The Hall–Kier alpha value is -0.393. The molecule has 1 N–H and O–H groups in total. The molecular weight excluding hydrogens is 236 g/mol. The molecule has 1 unspecified atom stereocenters. The third-order valence-electron chi connectivity index (χ3n) is 3.87. The Balaban J connectivity index is 2.60. The van der Waals surface area contributed by atoms with Crippen molar-refractivity contribution in [3.63, 3.8) is 0 Å². The lowest BCUT2D eigenvalue weighted by atomic mass is 9.99. The fourth-order valence-electron chi connectivity index (χ4n) is 1.45. The molecule has 1 aliphatic heterocycles. The Bertz CT molecular complexity index is 304. The second kappa shape index (κ2) is 4.37. The molecule has 0 aliphatic carbocycles. The van der Waals surface area contributed by atoms with E-state index in [2.05, 4.69) is 33.9 Å². The van der Waals surface area contributed by atoms with Gasteiger partial charge in [-0.15, -0.1) is 0 Å². The number of carbonyl (C=O) groups is 1. The van der Waals surface area contributed by atoms with Crippen molar-refractivity contribution in [2.45, 2.75) is 64.0 Å². The SMILES string of the molecule is CC1(O)CC(=O)O[C@@H]1CO[Si](C)(C)C(C)(C)C. The second-order valence-electron chi connectivity index (χ2n) is 6.58. The molecule has 100 valence electrons. The van der Waals surface area contributed by atoms with Gasteiger partial charge in [-0.1, -0.05) is 20.8 Å². The second-order valence-corrected chi connectivity index (χ2v) is 11.4. The molecule has 2 atom stereocenters. The van der Waals surface area contributed by atoms with Crippen LogP contribution >= 0.6 is 0 Å². The zero-order valence-corrected chi connectivity index (χ0v) is 12.7. The van der Waals surface area contributed by atoms with Crippen molar-refractivity contribution in [2.24, 2.45) is 0 Å². The van der Waals surface area contributed by atoms with E-state index in [4.69, 9.17) is 9.16 Å². The van der Waals surface area contributed by atoms with E-state index in [0.29, 0.717) is 0 Å². The number of aliphatic hydroxyl groups is 1. The first-order valence-corrected chi connectivity index (χ1v) is 8.92. The molecule has 1 fully saturated rings. The van der Waals surface area contributed by atoms with Crippen LogP contribution in [0.1, 0.15) is 34.1 Å². The highest BCUT2D eigenvalue weighted by atomic mass is 28.4. The van der Waals surface area contributed by atoms with Gasteiger partial charge in [-0.25, -0.2) is 0 Å². The Morgan fingerprint density at radius 2 is 2.06 bits per heavy atom. The zero-order chi connectivity index (χ0) is 13.5. The fourth-order valence-corrected chi connectivity index (χ4v) is 2.45. The Labute approximate surface area is 104 Å². The van der Waals surface area contributed by atoms with E-state index in [-0.39, 0.29) is 24.0 Å². The van der Waals surface area contributed by atoms with Crippen molar-refractivity contribution < 1.29 is 19.1 Å². The minimum atomic E-state index is -1.86. The molecule has 0 aromatic heterocycles. The lowest BCUT2D eigenvalue weighted by molar-refractivity contribution is -0.143. The van der Waals surface area contributed by atoms with Crippen LogP contribution in [0.3, 0.4) is 0 Å². The van der Waals surface area contributed by atoms with Crippen molar-refractivity contribution >= 4 is 14.3 Å². The number of hydrogen-bond donors (Lipinski definition) is 1. The normalized spacial score (nSPS) is 30.5. The summed E-state index contributed by atoms with van der Waals surface area (Å²) in [6, 6.07) is 0. The summed E-state index contributed by atoms with van der Waals surface area (Å²) >= 11 is 0. The average molecular weight is 260 g/mol. The van der Waals surface area contributed by atoms with E-state index in [1.165, 1.54) is 0 Å². The van der Waals surface area contributed by atoms with Gasteiger partial charge in [-0.05, 0) is 25.1 Å². The van der Waals surface area contributed by atoms with Gasteiger partial charge in [-0.3, -0.25) is 4.79 Å². The topological polar surface area (TPSA) is 55.8 Å². The third-order valence-corrected chi connectivity index (χ3v) is 8.37. The third kappa shape index (κ3) is 3.30. The molecule has 0 radical (unpaired) electrons. The Kier molecular flexibility index (Phi) is 3.77. The monoisotopic (exact) mass is 260 g/mol. The van der Waals surface area contributed by atoms with Gasteiger partial charge in [0.15, 0.2) is 14.4 Å². The van der Waals surface area contributed by atoms with Crippen molar-refractivity contribution in [1.29, 1.82) is 0 Å². The summed E-state index contributed by atoms with van der Waals surface area (Å²) in [5, 5.41) is 10.1. The van der Waals surface area contributed by atoms with Crippen LogP contribution in [-0.4, -0.2) is 37.7 Å². The van der Waals surface area contributed by atoms with E-state index >= 15 is 0 Å². The van der Waals surface area contributed by atoms with Crippen molar-refractivity contribution in [1.82, 2.24) is 0 Å². The summed E-state index contributed by atoms with van der Waals surface area (Å²) in [5.74, 6) is -0.348. The molecule has 0 saturated carbocycles. The van der Waals surface area contributed by atoms with Crippen molar-refractivity contribution in [2.75, 3.05) is 6.61 Å². The largest absolute Gasteiger partial charge is 0.457 e. The van der Waals surface area contributed by atoms with Crippen molar-refractivity contribution in [3.8, 4) is 0 Å². The van der Waals surface area contributed by atoms with E-state index in [1.54, 1.807) is 6.92 Å². The molecule has 1 saturated heterocycles. The summed E-state index contributed by atoms with van der Waals surface area (Å²) in [7, 11) is -1.86. The van der Waals surface area contributed by atoms with Crippen LogP contribution < -0.4 is 0 Å². The lowest BCUT2D eigenvalue weighted by Gasteiger charge is -2.37. The minimum absolute atomic E-state index is 0.0541. The summed E-state index contributed by atoms with van der Waals surface area (Å²) in [5.41, 5.74) is -1.10. The Morgan fingerprint density at radius 1 is 1.53 bits per heavy atom. The van der Waals surface area contributed by atoms with Gasteiger partial charge < -0.3 is 14.3 Å². The van der Waals surface area contributed by atoms with Gasteiger partial charge in [0, 0.05) is 0 Å². The lowest BCUT2D eigenvalue weighted by Crippen LogP contribution is -2.46. The van der Waals surface area contributed by atoms with Crippen LogP contribution in [0, 0.1) is 0 Å². The summed E-state index contributed by atoms with van der Waals surface area (Å²) in [4.78, 5) is 11.2. The molecule has 0 aromatic rings. The minimum Gasteiger partial charge on any atom is -0.457 e. The number of hydrogen-bond acceptors (Lipinski definition) is 4. The molecule has 5 heteroatoms. The molecule has 4 nitrogen and oxygen atoms in total. The van der Waals surface area contributed by atoms with Gasteiger partial charge in [0.2, 0.25) is 0 Å². The smallest absolute Gasteiger partial charge is 0.309 e. The van der Waals surface area contributed by atoms with Gasteiger partial charge in [0.05, 0.1) is 13.0 Å². The predicted octanol–water partition coefficient (Wildman–Crippen LogP) is 2.07. The van der Waals surface area contributed by atoms with E-state index < -0.39 is 20.0 Å². The quantitative estimate of drug-likeness (QED) is 0.623. The maximum atomic E-state index is 11.2. The molecule has 0 spiro atoms. The van der Waals surface area contributed by atoms with E-state index in [9.17, 15) is 9.90 Å². The highest BCUT2D eigenvalue weighted by Gasteiger charge is 2.46. The number of rotatable bonds is 3. The summed E-state index contributed by atoms with van der Waals surface area (Å²) < 4.78 is 11.1. The maximum absolute atomic E-state index is 11.2. The molecule has 1 aliphatic rings. The first kappa shape index (κ1) is 14.7. The first-order valence-electron chi connectivity index (χ1n) is 6.01. The molecule has 0 aromatic carbocycles. The predicted molar refractivity (Wildman–Crippen MR) is 68.3 cm³/mol. The van der Waals surface area contributed by atoms with Gasteiger partial charge in [0.25, 0.3) is 0 Å². The highest BCUT2D eigenvalue weighted by Crippen LogP contribution is 2.37. The molecule has 1 heterocycles. The van der Waals surface area contributed by atoms with Crippen LogP contribution in [0.5, 0.6) is 0 Å². The number of ether oxygens (including phenoxy) is 1. The molecular formula is C12H24O4Si. The average Bonchev–Trinajstić information content (AvgIpc) is 2.33. The number of esters is 1. The molecule has 0 bridgehead atoms. The van der Waals surface area contributed by atoms with Crippen LogP contribution in [0.2, 0.25) is 18.1 Å². The zero-order valence-electron chi connectivity index (χ0n) is 11.7. The number of carbonyl (C=O) groups excluding carboxylic acids is 1. The Morgan fingerprint density at radius 3 is 2.41 bits per heavy atom. The highest BCUT2D eigenvalue weighted by molar-refractivity contribution is 6.74. The molecule has 0 amide bonds. The first-order chi connectivity index (χ1) is 7.46. The summed E-state index contributed by atoms with van der Waals surface area (Å²) in [6.07, 6.45) is -0.484. The van der Waals surface area contributed by atoms with Crippen LogP contribution in [-0.2, 0) is 14.0 Å². The van der Waals surface area contributed by atoms with Gasteiger partial charge in [0.1, 0.15) is 5.60 Å². The van der Waals surface area contributed by atoms with Crippen LogP contribution in [0.4, 0.5) is 0 Å². The summed E-state index contributed by atoms with van der Waals surface area (Å²) in [6.45, 7) is 12.6. The van der Waals surface area contributed by atoms with E-state index in [0.717, 1.165) is 0 Å². The number of cyclic esters (lactones) is 1. The standard InChI is InChI=1S/C12H24O4Si/c1-11(2,3)17(5,6)15-8-9-12(4,14)7-10(13)16-9/h9,14H,7-8H2,1-6H3/t9-,12?/m1/s1. The van der Waals surface area contributed by atoms with Crippen molar-refractivity contribution in [3.05, 3.63) is 0 Å². The maximum Gasteiger partial charge on any atom is 0.309 e. The van der Waals surface area contributed by atoms with Gasteiger partial charge >= 0.3 is 5.97 Å². The molecule has 1 rings (SSSR count). The van der Waals surface area contributed by atoms with E-state index in [1.807, 2.05) is 0 Å². The fraction of sp³-hybridized carbons (Fsp3) is 0.917. The molecule has 17 heavy (non-hydrogen) atoms. The van der Waals surface area contributed by atoms with Crippen LogP contribution in [0.25, 0.3) is 0 Å². The van der Waals surface area contributed by atoms with Gasteiger partial charge in [-0.2, -0.15) is 0 Å². The van der Waals surface area contributed by atoms with Crippen LogP contribution in [0.15, 0.2) is 0 Å².